The van der Waals surface area contributed by atoms with Crippen LogP contribution in [-0.4, -0.2) is 24.1 Å². The quantitative estimate of drug-likeness (QED) is 0.163. The topological polar surface area (TPSA) is 52.6 Å². The maximum atomic E-state index is 10.8. The fraction of sp³-hybridized carbons (Fsp3) is 0.889. The summed E-state index contributed by atoms with van der Waals surface area (Å²) in [6.07, 6.45) is 9.78. The smallest absolute Gasteiger partial charge is 0.312 e. The van der Waals surface area contributed by atoms with E-state index in [2.05, 4.69) is 51.1 Å². The second kappa shape index (κ2) is 17.2. The van der Waals surface area contributed by atoms with Crippen LogP contribution in [0.2, 0.25) is 0 Å². The number of carbonyl (C=O) groups excluding carboxylic acids is 2. The molecule has 0 bridgehead atoms. The van der Waals surface area contributed by atoms with E-state index in [-0.39, 0.29) is 60.0 Å². The fourth-order valence-electron chi connectivity index (χ4n) is 2.78. The highest BCUT2D eigenvalue weighted by Crippen LogP contribution is 2.27. The zero-order valence-corrected chi connectivity index (χ0v) is 22.4. The van der Waals surface area contributed by atoms with Gasteiger partial charge in [0.15, 0.2) is 0 Å². The van der Waals surface area contributed by atoms with Gasteiger partial charge in [-0.15, -0.1) is 24.0 Å². The number of hydrogen-bond donors (Lipinski definition) is 0. The molecule has 0 unspecified atom stereocenters. The van der Waals surface area contributed by atoms with E-state index >= 15 is 0 Å². The molecule has 0 saturated carbocycles. The van der Waals surface area contributed by atoms with Crippen LogP contribution in [-0.2, 0) is 19.1 Å². The maximum absolute atomic E-state index is 10.8. The van der Waals surface area contributed by atoms with Crippen molar-refractivity contribution in [2.45, 2.75) is 91.3 Å². The molecule has 0 aromatic heterocycles. The molecular formula is C18H33I3O4. The molecule has 0 N–H and O–H groups in total. The van der Waals surface area contributed by atoms with Crippen molar-refractivity contribution in [1.82, 2.24) is 0 Å². The lowest BCUT2D eigenvalue weighted by Crippen LogP contribution is -2.42. The first-order chi connectivity index (χ1) is 11.5. The molecule has 7 heteroatoms. The summed E-state index contributed by atoms with van der Waals surface area (Å²) in [5, 5.41) is 0. The average molecular weight is 694 g/mol. The molecule has 4 atom stereocenters. The van der Waals surface area contributed by atoms with Crippen molar-refractivity contribution in [2.24, 2.45) is 11.8 Å². The standard InChI is InChI=1S/2C9H16O2.I2.HI/c1-3-4-5-6-8-7(2)11-9(8)10;1-3-4-5-6-8-7(2)9(10)11-8;1-2;/h2*7-8H,3-6H2,1-2H3;;1H/t2*7-,8+;;/m10../s1. The summed E-state index contributed by atoms with van der Waals surface area (Å²) >= 11 is 4.24. The Kier molecular flexibility index (Phi) is 19.5. The second-order valence-electron chi connectivity index (χ2n) is 6.50. The van der Waals surface area contributed by atoms with E-state index in [1.807, 2.05) is 13.8 Å². The van der Waals surface area contributed by atoms with Gasteiger partial charge in [0.05, 0.1) is 11.8 Å². The molecule has 2 saturated heterocycles. The Bertz CT molecular complexity index is 366. The van der Waals surface area contributed by atoms with Gasteiger partial charge in [0.2, 0.25) is 0 Å². The summed E-state index contributed by atoms with van der Waals surface area (Å²) in [6.45, 7) is 8.26. The highest BCUT2D eigenvalue weighted by molar-refractivity contribution is 15.0. The highest BCUT2D eigenvalue weighted by atomic mass is 128. The first-order valence-corrected chi connectivity index (χ1v) is 15.3. The minimum absolute atomic E-state index is 0. The zero-order valence-electron chi connectivity index (χ0n) is 15.8. The van der Waals surface area contributed by atoms with Crippen molar-refractivity contribution in [2.75, 3.05) is 0 Å². The van der Waals surface area contributed by atoms with Crippen molar-refractivity contribution in [3.05, 3.63) is 0 Å². The Labute approximate surface area is 193 Å². The van der Waals surface area contributed by atoms with Crippen LogP contribution in [0.25, 0.3) is 0 Å². The van der Waals surface area contributed by atoms with Gasteiger partial charge in [0.1, 0.15) is 12.2 Å². The number of ether oxygens (including phenoxy) is 2. The molecule has 2 heterocycles. The Morgan fingerprint density at radius 2 is 1.36 bits per heavy atom. The molecule has 2 aliphatic rings. The lowest BCUT2D eigenvalue weighted by atomic mass is 9.92. The predicted octanol–water partition coefficient (Wildman–Crippen LogP) is 6.65. The number of rotatable bonds is 8. The molecule has 25 heavy (non-hydrogen) atoms. The molecule has 2 fully saturated rings. The van der Waals surface area contributed by atoms with Crippen molar-refractivity contribution < 1.29 is 19.1 Å². The van der Waals surface area contributed by atoms with Gasteiger partial charge in [-0.1, -0.05) is 46.0 Å². The lowest BCUT2D eigenvalue weighted by Gasteiger charge is -2.32. The van der Waals surface area contributed by atoms with Crippen molar-refractivity contribution in [3.8, 4) is 0 Å². The molecular weight excluding hydrogens is 661 g/mol. The van der Waals surface area contributed by atoms with Crippen LogP contribution < -0.4 is 0 Å². The summed E-state index contributed by atoms with van der Waals surface area (Å²) in [6, 6.07) is 0. The summed E-state index contributed by atoms with van der Waals surface area (Å²) < 4.78 is 9.80. The lowest BCUT2D eigenvalue weighted by molar-refractivity contribution is -0.183. The Balaban J connectivity index is 0. The summed E-state index contributed by atoms with van der Waals surface area (Å²) in [5.41, 5.74) is 0. The minimum atomic E-state index is -0.0218. The largest absolute Gasteiger partial charge is 0.461 e. The van der Waals surface area contributed by atoms with E-state index in [4.69, 9.17) is 9.47 Å². The van der Waals surface area contributed by atoms with Crippen LogP contribution in [0.15, 0.2) is 0 Å². The molecule has 2 aliphatic heterocycles. The van der Waals surface area contributed by atoms with Gasteiger partial charge in [-0.05, 0) is 33.1 Å². The number of halogens is 3. The van der Waals surface area contributed by atoms with Crippen LogP contribution >= 0.6 is 61.2 Å². The molecule has 150 valence electrons. The monoisotopic (exact) mass is 694 g/mol. The normalized spacial score (nSPS) is 26.2. The SMILES string of the molecule is CCCCC[C@@H]1C(=O)O[C@@H]1C.CCCCC[C@H]1OC(=O)[C@H]1C.I.II. The van der Waals surface area contributed by atoms with Crippen LogP contribution in [0.4, 0.5) is 0 Å². The van der Waals surface area contributed by atoms with Gasteiger partial charge in [-0.3, -0.25) is 9.59 Å². The minimum Gasteiger partial charge on any atom is -0.461 e. The molecule has 2 rings (SSSR count). The van der Waals surface area contributed by atoms with Gasteiger partial charge in [0.25, 0.3) is 0 Å². The van der Waals surface area contributed by atoms with Crippen LogP contribution in [0.5, 0.6) is 0 Å². The second-order valence-corrected chi connectivity index (χ2v) is 6.50. The van der Waals surface area contributed by atoms with E-state index < -0.39 is 0 Å². The van der Waals surface area contributed by atoms with Gasteiger partial charge in [-0.2, -0.15) is 0 Å². The fourth-order valence-corrected chi connectivity index (χ4v) is 2.78. The average Bonchev–Trinajstić information content (AvgIpc) is 2.60. The van der Waals surface area contributed by atoms with E-state index in [9.17, 15) is 9.59 Å². The molecule has 0 amide bonds. The van der Waals surface area contributed by atoms with Crippen LogP contribution in [0, 0.1) is 11.8 Å². The third-order valence-corrected chi connectivity index (χ3v) is 4.58. The van der Waals surface area contributed by atoms with Crippen LogP contribution in [0.3, 0.4) is 0 Å². The van der Waals surface area contributed by atoms with Crippen molar-refractivity contribution in [1.29, 1.82) is 0 Å². The van der Waals surface area contributed by atoms with E-state index in [0.29, 0.717) is 0 Å². The molecule has 0 aromatic carbocycles. The number of hydrogen-bond acceptors (Lipinski definition) is 4. The van der Waals surface area contributed by atoms with E-state index in [1.165, 1.54) is 38.5 Å². The number of unbranched alkanes of at least 4 members (excludes halogenated alkanes) is 4. The predicted molar refractivity (Wildman–Crippen MR) is 130 cm³/mol. The first-order valence-electron chi connectivity index (χ1n) is 9.06. The molecule has 4 nitrogen and oxygen atoms in total. The van der Waals surface area contributed by atoms with Gasteiger partial charge < -0.3 is 9.47 Å². The number of cyclic esters (lactones) is 2. The van der Waals surface area contributed by atoms with Gasteiger partial charge in [0, 0.05) is 37.2 Å². The Morgan fingerprint density at radius 1 is 0.840 bits per heavy atom. The Morgan fingerprint density at radius 3 is 1.72 bits per heavy atom. The summed E-state index contributed by atoms with van der Waals surface area (Å²) in [7, 11) is 0. The zero-order chi connectivity index (χ0) is 18.5. The maximum Gasteiger partial charge on any atom is 0.312 e. The molecule has 0 spiro atoms. The van der Waals surface area contributed by atoms with Gasteiger partial charge >= 0.3 is 11.9 Å². The molecule has 0 aromatic rings. The number of esters is 2. The van der Waals surface area contributed by atoms with Crippen molar-refractivity contribution in [3.63, 3.8) is 0 Å². The molecule has 0 radical (unpaired) electrons. The van der Waals surface area contributed by atoms with Gasteiger partial charge in [-0.25, -0.2) is 0 Å². The third-order valence-electron chi connectivity index (χ3n) is 4.58. The third kappa shape index (κ3) is 10.9. The van der Waals surface area contributed by atoms with Crippen LogP contribution in [0.1, 0.15) is 79.1 Å². The Hall–Kier alpha value is 1.13. The van der Waals surface area contributed by atoms with E-state index in [0.717, 1.165) is 12.8 Å². The first kappa shape index (κ1) is 28.3. The summed E-state index contributed by atoms with van der Waals surface area (Å²) in [5.74, 6) is 0.355. The number of carbonyl (C=O) groups is 2. The van der Waals surface area contributed by atoms with E-state index in [1.54, 1.807) is 0 Å². The highest BCUT2D eigenvalue weighted by Gasteiger charge is 2.38. The molecule has 0 aliphatic carbocycles. The van der Waals surface area contributed by atoms with Crippen molar-refractivity contribution >= 4 is 73.1 Å². The summed E-state index contributed by atoms with van der Waals surface area (Å²) in [4.78, 5) is 21.5.